The third-order valence-electron chi connectivity index (χ3n) is 2.64. The number of nitrogens with one attached hydrogen (secondary N) is 1. The van der Waals surface area contributed by atoms with Crippen LogP contribution in [-0.2, 0) is 9.53 Å². The molecule has 1 N–H and O–H groups in total. The maximum absolute atomic E-state index is 11.2. The summed E-state index contributed by atoms with van der Waals surface area (Å²) >= 11 is 12.9. The van der Waals surface area contributed by atoms with E-state index in [-0.39, 0.29) is 12.0 Å². The normalized spacial score (nSPS) is 11.8. The Morgan fingerprint density at radius 1 is 1.55 bits per heavy atom. The van der Waals surface area contributed by atoms with Crippen molar-refractivity contribution in [3.8, 4) is 0 Å². The summed E-state index contributed by atoms with van der Waals surface area (Å²) in [5.74, 6) is -0.156. The molecule has 0 aliphatic heterocycles. The Balaban J connectivity index is 3.06. The fourth-order valence-corrected chi connectivity index (χ4v) is 2.41. The van der Waals surface area contributed by atoms with Crippen molar-refractivity contribution in [3.63, 3.8) is 0 Å². The van der Waals surface area contributed by atoms with Crippen LogP contribution in [-0.4, -0.2) is 16.5 Å². The average molecular weight is 332 g/mol. The smallest absolute Gasteiger partial charge is 0.221 e. The van der Waals surface area contributed by atoms with Crippen molar-refractivity contribution in [1.82, 2.24) is 0 Å². The summed E-state index contributed by atoms with van der Waals surface area (Å²) in [6.07, 6.45) is 3.44. The molecule has 3 nitrogen and oxygen atoms in total. The molecule has 0 fully saturated rings. The molecule has 0 aromatic heterocycles. The van der Waals surface area contributed by atoms with E-state index in [9.17, 15) is 4.79 Å². The van der Waals surface area contributed by atoms with Crippen LogP contribution >= 0.6 is 35.6 Å². The number of anilines is 1. The van der Waals surface area contributed by atoms with Crippen molar-refractivity contribution < 1.29 is 9.53 Å². The molecule has 1 aromatic carbocycles. The number of carbonyl (C=O) groups excluding carboxylic acids is 1. The Kier molecular flexibility index (Phi) is 7.34. The number of halogens is 1. The van der Waals surface area contributed by atoms with Crippen LogP contribution in [0.25, 0.3) is 0 Å². The molecule has 1 amide bonds. The maximum atomic E-state index is 11.2. The minimum atomic E-state index is -0.193. The molecule has 0 radical (unpaired) electrons. The monoisotopic (exact) mass is 331 g/mol. The summed E-state index contributed by atoms with van der Waals surface area (Å²) in [5, 5.41) is 3.22. The zero-order chi connectivity index (χ0) is 15.1. The van der Waals surface area contributed by atoms with Gasteiger partial charge in [0, 0.05) is 12.5 Å². The van der Waals surface area contributed by atoms with Crippen LogP contribution in [0.2, 0.25) is 5.02 Å². The van der Waals surface area contributed by atoms with Gasteiger partial charge in [-0.3, -0.25) is 4.79 Å². The quantitative estimate of drug-likeness (QED) is 0.786. The van der Waals surface area contributed by atoms with Crippen molar-refractivity contribution in [1.29, 1.82) is 0 Å². The van der Waals surface area contributed by atoms with Crippen molar-refractivity contribution in [2.75, 3.05) is 11.6 Å². The summed E-state index contributed by atoms with van der Waals surface area (Å²) in [4.78, 5) is 11.2. The number of amides is 1. The Bertz CT molecular complexity index is 494. The van der Waals surface area contributed by atoms with Gasteiger partial charge in [0.25, 0.3) is 0 Å². The number of rotatable bonds is 5. The van der Waals surface area contributed by atoms with Gasteiger partial charge < -0.3 is 10.1 Å². The molecule has 0 bridgehead atoms. The lowest BCUT2D eigenvalue weighted by Crippen LogP contribution is -2.11. The fraction of sp³-hybridized carbons (Fsp3) is 0.429. The highest BCUT2D eigenvalue weighted by Crippen LogP contribution is 2.35. The first-order valence-electron chi connectivity index (χ1n) is 6.30. The molecule has 1 unspecified atom stereocenters. The third kappa shape index (κ3) is 4.96. The van der Waals surface area contributed by atoms with Crippen LogP contribution < -0.4 is 5.32 Å². The van der Waals surface area contributed by atoms with Crippen LogP contribution in [0.4, 0.5) is 5.69 Å². The maximum Gasteiger partial charge on any atom is 0.221 e. The molecule has 0 heterocycles. The number of hydrogen-bond donors (Lipinski definition) is 1. The van der Waals surface area contributed by atoms with E-state index in [2.05, 4.69) is 12.2 Å². The SMILES string of the molecule is CCCC(OC(=S)SC)c1cccc(NC(C)=O)c1Cl. The lowest BCUT2D eigenvalue weighted by molar-refractivity contribution is -0.114. The molecule has 0 saturated carbocycles. The predicted molar refractivity (Wildman–Crippen MR) is 90.6 cm³/mol. The summed E-state index contributed by atoms with van der Waals surface area (Å²) in [7, 11) is 0. The summed E-state index contributed by atoms with van der Waals surface area (Å²) in [6, 6.07) is 5.51. The van der Waals surface area contributed by atoms with Gasteiger partial charge in [0.05, 0.1) is 10.7 Å². The van der Waals surface area contributed by atoms with Crippen molar-refractivity contribution in [2.45, 2.75) is 32.8 Å². The molecule has 1 atom stereocenters. The van der Waals surface area contributed by atoms with Gasteiger partial charge in [-0.25, -0.2) is 0 Å². The largest absolute Gasteiger partial charge is 0.470 e. The van der Waals surface area contributed by atoms with E-state index < -0.39 is 0 Å². The van der Waals surface area contributed by atoms with Crippen LogP contribution in [0, 0.1) is 0 Å². The Morgan fingerprint density at radius 3 is 2.80 bits per heavy atom. The van der Waals surface area contributed by atoms with Crippen molar-refractivity contribution in [2.24, 2.45) is 0 Å². The van der Waals surface area contributed by atoms with E-state index in [1.807, 2.05) is 18.4 Å². The molecule has 6 heteroatoms. The van der Waals surface area contributed by atoms with Crippen molar-refractivity contribution >= 4 is 51.6 Å². The molecule has 0 aliphatic carbocycles. The number of benzene rings is 1. The minimum absolute atomic E-state index is 0.156. The van der Waals surface area contributed by atoms with Gasteiger partial charge in [0.2, 0.25) is 10.3 Å². The summed E-state index contributed by atoms with van der Waals surface area (Å²) < 4.78 is 6.25. The van der Waals surface area contributed by atoms with Gasteiger partial charge in [-0.05, 0) is 31.0 Å². The first kappa shape index (κ1) is 17.3. The van der Waals surface area contributed by atoms with Gasteiger partial charge in [-0.2, -0.15) is 0 Å². The van der Waals surface area contributed by atoms with Gasteiger partial charge in [-0.1, -0.05) is 48.8 Å². The number of ether oxygens (including phenoxy) is 1. The van der Waals surface area contributed by atoms with E-state index in [0.717, 1.165) is 18.4 Å². The number of carbonyl (C=O) groups is 1. The zero-order valence-corrected chi connectivity index (χ0v) is 14.1. The molecule has 110 valence electrons. The van der Waals surface area contributed by atoms with Gasteiger partial charge >= 0.3 is 0 Å². The number of thioether (sulfide) groups is 1. The number of hydrogen-bond acceptors (Lipinski definition) is 4. The van der Waals surface area contributed by atoms with Crippen molar-refractivity contribution in [3.05, 3.63) is 28.8 Å². The predicted octanol–water partition coefficient (Wildman–Crippen LogP) is 4.80. The van der Waals surface area contributed by atoms with Crippen LogP contribution in [0.15, 0.2) is 18.2 Å². The first-order valence-corrected chi connectivity index (χ1v) is 8.31. The van der Waals surface area contributed by atoms with Gasteiger partial charge in [0.15, 0.2) is 0 Å². The average Bonchev–Trinajstić information content (AvgIpc) is 2.40. The lowest BCUT2D eigenvalue weighted by atomic mass is 10.0. The van der Waals surface area contributed by atoms with Gasteiger partial charge in [-0.15, -0.1) is 0 Å². The molecule has 0 aliphatic rings. The Labute approximate surface area is 134 Å². The lowest BCUT2D eigenvalue weighted by Gasteiger charge is -2.21. The Hall–Kier alpha value is -0.780. The minimum Gasteiger partial charge on any atom is -0.470 e. The highest BCUT2D eigenvalue weighted by molar-refractivity contribution is 8.22. The second-order valence-electron chi connectivity index (χ2n) is 4.24. The molecule has 20 heavy (non-hydrogen) atoms. The second-order valence-corrected chi connectivity index (χ2v) is 6.03. The van der Waals surface area contributed by atoms with Gasteiger partial charge in [0.1, 0.15) is 6.10 Å². The molecular formula is C14H18ClNO2S2. The van der Waals surface area contributed by atoms with Crippen LogP contribution in [0.5, 0.6) is 0 Å². The standard InChI is InChI=1S/C14H18ClNO2S2/c1-4-6-12(18-14(19)20-3)10-7-5-8-11(13(10)15)16-9(2)17/h5,7-8,12H,4,6H2,1-3H3,(H,16,17). The van der Waals surface area contributed by atoms with E-state index in [0.29, 0.717) is 15.1 Å². The van der Waals surface area contributed by atoms with E-state index in [1.165, 1.54) is 18.7 Å². The molecule has 1 aromatic rings. The van der Waals surface area contributed by atoms with E-state index in [1.54, 1.807) is 6.07 Å². The highest BCUT2D eigenvalue weighted by atomic mass is 35.5. The van der Waals surface area contributed by atoms with Crippen LogP contribution in [0.3, 0.4) is 0 Å². The van der Waals surface area contributed by atoms with E-state index >= 15 is 0 Å². The number of thiocarbonyl (C=S) groups is 1. The fourth-order valence-electron chi connectivity index (χ4n) is 1.79. The topological polar surface area (TPSA) is 38.3 Å². The van der Waals surface area contributed by atoms with Crippen LogP contribution in [0.1, 0.15) is 38.4 Å². The summed E-state index contributed by atoms with van der Waals surface area (Å²) in [5.41, 5.74) is 1.44. The first-order chi connectivity index (χ1) is 9.49. The van der Waals surface area contributed by atoms with E-state index in [4.69, 9.17) is 28.6 Å². The molecule has 1 rings (SSSR count). The second kappa shape index (κ2) is 8.49. The third-order valence-corrected chi connectivity index (χ3v) is 4.09. The zero-order valence-electron chi connectivity index (χ0n) is 11.7. The Morgan fingerprint density at radius 2 is 2.25 bits per heavy atom. The molecule has 0 saturated heterocycles. The molecular weight excluding hydrogens is 314 g/mol. The molecule has 0 spiro atoms. The summed E-state index contributed by atoms with van der Waals surface area (Å²) in [6.45, 7) is 3.52. The highest BCUT2D eigenvalue weighted by Gasteiger charge is 2.19.